The number of carbonyl (C=O) groups excluding carboxylic acids is 1. The van der Waals surface area contributed by atoms with Crippen molar-refractivity contribution in [1.29, 1.82) is 0 Å². The molecule has 1 rings (SSSR count). The van der Waals surface area contributed by atoms with E-state index in [4.69, 9.17) is 10.8 Å². The molecule has 0 aromatic rings. The zero-order valence-electron chi connectivity index (χ0n) is 8.87. The fraction of sp³-hybridized carbons (Fsp3) is 0.600. The van der Waals surface area contributed by atoms with Crippen molar-refractivity contribution < 1.29 is 19.8 Å². The lowest BCUT2D eigenvalue weighted by Gasteiger charge is -2.23. The van der Waals surface area contributed by atoms with E-state index in [-0.39, 0.29) is 19.4 Å². The third kappa shape index (κ3) is 2.59. The molecule has 6 nitrogen and oxygen atoms in total. The summed E-state index contributed by atoms with van der Waals surface area (Å²) in [6.07, 6.45) is 1.06. The maximum atomic E-state index is 11.8. The topological polar surface area (TPSA) is 104 Å². The van der Waals surface area contributed by atoms with E-state index in [1.807, 2.05) is 0 Å². The van der Waals surface area contributed by atoms with E-state index in [0.29, 0.717) is 0 Å². The fourth-order valence-corrected chi connectivity index (χ4v) is 1.78. The van der Waals surface area contributed by atoms with E-state index in [1.54, 1.807) is 0 Å². The van der Waals surface area contributed by atoms with Crippen LogP contribution in [-0.4, -0.2) is 51.7 Å². The van der Waals surface area contributed by atoms with Gasteiger partial charge in [-0.05, 0) is 6.42 Å². The molecule has 1 amide bonds. The van der Waals surface area contributed by atoms with Crippen LogP contribution in [0.15, 0.2) is 12.7 Å². The quantitative estimate of drug-likeness (QED) is 0.532. The van der Waals surface area contributed by atoms with Crippen molar-refractivity contribution in [1.82, 2.24) is 4.90 Å². The van der Waals surface area contributed by atoms with E-state index in [2.05, 4.69) is 6.58 Å². The highest BCUT2D eigenvalue weighted by atomic mass is 16.4. The number of β-amino-alcohol motifs (C(OH)–C–C–N with tert-alkyl or cyclic N) is 1. The van der Waals surface area contributed by atoms with E-state index in [0.717, 1.165) is 4.90 Å². The largest absolute Gasteiger partial charge is 0.480 e. The molecule has 4 N–H and O–H groups in total. The maximum Gasteiger partial charge on any atom is 0.326 e. The number of nitrogens with two attached hydrogens (primary N) is 1. The minimum absolute atomic E-state index is 0.0284. The maximum absolute atomic E-state index is 11.8. The minimum atomic E-state index is -1.12. The lowest BCUT2D eigenvalue weighted by Crippen LogP contribution is -2.48. The van der Waals surface area contributed by atoms with Crippen molar-refractivity contribution >= 4 is 11.9 Å². The second-order valence-corrected chi connectivity index (χ2v) is 3.87. The van der Waals surface area contributed by atoms with E-state index in [9.17, 15) is 14.7 Å². The molecule has 0 saturated carbocycles. The molecule has 1 aliphatic rings. The molecule has 16 heavy (non-hydrogen) atoms. The molecule has 3 atom stereocenters. The van der Waals surface area contributed by atoms with Crippen LogP contribution in [0.1, 0.15) is 12.8 Å². The Morgan fingerprint density at radius 2 is 2.25 bits per heavy atom. The van der Waals surface area contributed by atoms with Gasteiger partial charge in [-0.2, -0.15) is 0 Å². The third-order valence-electron chi connectivity index (χ3n) is 2.58. The van der Waals surface area contributed by atoms with Gasteiger partial charge in [0.05, 0.1) is 12.1 Å². The molecule has 1 saturated heterocycles. The standard InChI is InChI=1S/C10H16N2O4/c1-2-3-7(11)9(14)12-5-6(13)4-8(12)10(15)16/h2,6-8,13H,1,3-5,11H2,(H,15,16)/t6-,7?,8+/m1/s1. The van der Waals surface area contributed by atoms with Gasteiger partial charge in [-0.1, -0.05) is 6.08 Å². The van der Waals surface area contributed by atoms with Crippen LogP contribution in [0.2, 0.25) is 0 Å². The molecular formula is C10H16N2O4. The number of aliphatic hydroxyl groups is 1. The van der Waals surface area contributed by atoms with Gasteiger partial charge in [0, 0.05) is 13.0 Å². The number of likely N-dealkylation sites (tertiary alicyclic amines) is 1. The summed E-state index contributed by atoms with van der Waals surface area (Å²) in [7, 11) is 0. The normalized spacial score (nSPS) is 26.5. The van der Waals surface area contributed by atoms with Crippen LogP contribution in [0.5, 0.6) is 0 Å². The Bertz CT molecular complexity index is 305. The molecule has 0 spiro atoms. The van der Waals surface area contributed by atoms with Gasteiger partial charge in [0.2, 0.25) is 5.91 Å². The molecule has 90 valence electrons. The molecule has 1 aliphatic heterocycles. The molecule has 0 radical (unpaired) electrons. The predicted molar refractivity (Wildman–Crippen MR) is 56.6 cm³/mol. The van der Waals surface area contributed by atoms with E-state index >= 15 is 0 Å². The third-order valence-corrected chi connectivity index (χ3v) is 2.58. The number of aliphatic hydroxyl groups excluding tert-OH is 1. The number of carboxylic acid groups (broad SMARTS) is 1. The van der Waals surface area contributed by atoms with Crippen molar-refractivity contribution in [3.8, 4) is 0 Å². The highest BCUT2D eigenvalue weighted by molar-refractivity contribution is 5.87. The number of amides is 1. The Labute approximate surface area is 93.3 Å². The SMILES string of the molecule is C=CCC(N)C(=O)N1C[C@H](O)C[C@H]1C(=O)O. The molecule has 1 unspecified atom stereocenters. The zero-order valence-corrected chi connectivity index (χ0v) is 8.87. The van der Waals surface area contributed by atoms with Crippen LogP contribution < -0.4 is 5.73 Å². The van der Waals surface area contributed by atoms with Crippen LogP contribution in [0.25, 0.3) is 0 Å². The lowest BCUT2D eigenvalue weighted by molar-refractivity contribution is -0.148. The highest BCUT2D eigenvalue weighted by Crippen LogP contribution is 2.19. The average molecular weight is 228 g/mol. The van der Waals surface area contributed by atoms with Gasteiger partial charge in [-0.3, -0.25) is 4.79 Å². The Kier molecular flexibility index (Phi) is 4.03. The van der Waals surface area contributed by atoms with Crippen LogP contribution in [0, 0.1) is 0 Å². The predicted octanol–water partition coefficient (Wildman–Crippen LogP) is -1.06. The zero-order chi connectivity index (χ0) is 12.3. The van der Waals surface area contributed by atoms with E-state index < -0.39 is 30.1 Å². The first-order chi connectivity index (χ1) is 7.47. The van der Waals surface area contributed by atoms with Crippen LogP contribution in [0.4, 0.5) is 0 Å². The summed E-state index contributed by atoms with van der Waals surface area (Å²) in [6.45, 7) is 3.49. The number of carbonyl (C=O) groups is 2. The Morgan fingerprint density at radius 1 is 1.62 bits per heavy atom. The van der Waals surface area contributed by atoms with E-state index in [1.165, 1.54) is 6.08 Å². The molecule has 1 heterocycles. The van der Waals surface area contributed by atoms with Gasteiger partial charge < -0.3 is 20.8 Å². The molecule has 6 heteroatoms. The molecule has 1 fully saturated rings. The summed E-state index contributed by atoms with van der Waals surface area (Å²) in [4.78, 5) is 23.8. The summed E-state index contributed by atoms with van der Waals surface area (Å²) >= 11 is 0. The monoisotopic (exact) mass is 228 g/mol. The lowest BCUT2D eigenvalue weighted by atomic mass is 10.1. The van der Waals surface area contributed by atoms with Crippen molar-refractivity contribution in [2.24, 2.45) is 5.73 Å². The highest BCUT2D eigenvalue weighted by Gasteiger charge is 2.40. The summed E-state index contributed by atoms with van der Waals surface area (Å²) in [5.74, 6) is -1.57. The molecule has 0 aromatic carbocycles. The second-order valence-electron chi connectivity index (χ2n) is 3.87. The van der Waals surface area contributed by atoms with Gasteiger partial charge in [0.1, 0.15) is 6.04 Å². The molecule has 0 bridgehead atoms. The summed E-state index contributed by atoms with van der Waals surface area (Å²) in [5, 5.41) is 18.3. The first kappa shape index (κ1) is 12.7. The number of carboxylic acids is 1. The summed E-state index contributed by atoms with van der Waals surface area (Å²) in [5.41, 5.74) is 5.58. The van der Waals surface area contributed by atoms with Gasteiger partial charge >= 0.3 is 5.97 Å². The number of hydrogen-bond donors (Lipinski definition) is 3. The minimum Gasteiger partial charge on any atom is -0.480 e. The number of hydrogen-bond acceptors (Lipinski definition) is 4. The van der Waals surface area contributed by atoms with Gasteiger partial charge in [-0.15, -0.1) is 6.58 Å². The van der Waals surface area contributed by atoms with Crippen LogP contribution in [-0.2, 0) is 9.59 Å². The van der Waals surface area contributed by atoms with Crippen LogP contribution in [0.3, 0.4) is 0 Å². The van der Waals surface area contributed by atoms with Crippen molar-refractivity contribution in [3.05, 3.63) is 12.7 Å². The smallest absolute Gasteiger partial charge is 0.326 e. The summed E-state index contributed by atoms with van der Waals surface area (Å²) in [6, 6.07) is -1.76. The molecule has 0 aliphatic carbocycles. The summed E-state index contributed by atoms with van der Waals surface area (Å²) < 4.78 is 0. The fourth-order valence-electron chi connectivity index (χ4n) is 1.78. The van der Waals surface area contributed by atoms with Crippen LogP contribution >= 0.6 is 0 Å². The number of rotatable bonds is 4. The molecule has 0 aromatic heterocycles. The number of nitrogens with zero attached hydrogens (tertiary/aromatic N) is 1. The van der Waals surface area contributed by atoms with Crippen molar-refractivity contribution in [2.45, 2.75) is 31.0 Å². The number of aliphatic carboxylic acids is 1. The Balaban J connectivity index is 2.73. The van der Waals surface area contributed by atoms with Gasteiger partial charge in [0.15, 0.2) is 0 Å². The molecular weight excluding hydrogens is 212 g/mol. The van der Waals surface area contributed by atoms with Crippen molar-refractivity contribution in [3.63, 3.8) is 0 Å². The first-order valence-electron chi connectivity index (χ1n) is 5.05. The van der Waals surface area contributed by atoms with Gasteiger partial charge in [-0.25, -0.2) is 4.79 Å². The Hall–Kier alpha value is -1.40. The second kappa shape index (κ2) is 5.09. The first-order valence-corrected chi connectivity index (χ1v) is 5.05. The van der Waals surface area contributed by atoms with Crippen molar-refractivity contribution in [2.75, 3.05) is 6.54 Å². The Morgan fingerprint density at radius 3 is 2.75 bits per heavy atom. The van der Waals surface area contributed by atoms with Gasteiger partial charge in [0.25, 0.3) is 0 Å². The average Bonchev–Trinajstić information content (AvgIpc) is 2.59.